The molecule has 0 aromatic heterocycles. The normalized spacial score (nSPS) is 19.7. The monoisotopic (exact) mass is 293 g/mol. The summed E-state index contributed by atoms with van der Waals surface area (Å²) in [4.78, 5) is 0. The summed E-state index contributed by atoms with van der Waals surface area (Å²) < 4.78 is 17.4. The molecule has 0 bridgehead atoms. The molecule has 106 valence electrons. The van der Waals surface area contributed by atoms with E-state index in [-0.39, 0.29) is 6.61 Å². The quantitative estimate of drug-likeness (QED) is 0.804. The van der Waals surface area contributed by atoms with E-state index < -0.39 is 18.3 Å². The first-order valence-corrected chi connectivity index (χ1v) is 6.79. The maximum atomic E-state index is 8.65. The van der Waals surface area contributed by atoms with Gasteiger partial charge in [-0.15, -0.1) is 0 Å². The van der Waals surface area contributed by atoms with Crippen molar-refractivity contribution in [2.75, 3.05) is 6.61 Å². The van der Waals surface area contributed by atoms with Gasteiger partial charge < -0.3 is 14.0 Å². The number of nitriles is 1. The van der Waals surface area contributed by atoms with Crippen molar-refractivity contribution in [1.82, 2.24) is 0 Å². The minimum Gasteiger partial charge on any atom is -0.479 e. The molecule has 2 rings (SSSR count). The van der Waals surface area contributed by atoms with Gasteiger partial charge in [0.05, 0.1) is 11.2 Å². The van der Waals surface area contributed by atoms with Crippen molar-refractivity contribution in [2.24, 2.45) is 0 Å². The van der Waals surface area contributed by atoms with E-state index in [4.69, 9.17) is 30.9 Å². The first kappa shape index (κ1) is 15.2. The number of hydrogen-bond acceptors (Lipinski definition) is 4. The molecule has 0 amide bonds. The summed E-state index contributed by atoms with van der Waals surface area (Å²) in [7, 11) is -0.536. The van der Waals surface area contributed by atoms with Crippen LogP contribution in [-0.4, -0.2) is 24.9 Å². The maximum Gasteiger partial charge on any atom is 0.498 e. The Bertz CT molecular complexity index is 538. The molecule has 6 heteroatoms. The van der Waals surface area contributed by atoms with Crippen LogP contribution in [0.15, 0.2) is 18.2 Å². The second-order valence-corrected chi connectivity index (χ2v) is 6.15. The minimum absolute atomic E-state index is 0.0488. The zero-order valence-electron chi connectivity index (χ0n) is 12.1. The van der Waals surface area contributed by atoms with E-state index in [1.165, 1.54) is 0 Å². The predicted octanol–water partition coefficient (Wildman–Crippen LogP) is 2.54. The summed E-state index contributed by atoms with van der Waals surface area (Å²) in [6.45, 7) is 7.89. The fourth-order valence-electron chi connectivity index (χ4n) is 1.91. The van der Waals surface area contributed by atoms with E-state index >= 15 is 0 Å². The number of rotatable bonds is 3. The molecule has 0 unspecified atom stereocenters. The fourth-order valence-corrected chi connectivity index (χ4v) is 2.07. The second kappa shape index (κ2) is 5.29. The minimum atomic E-state index is -0.536. The number of benzene rings is 1. The van der Waals surface area contributed by atoms with E-state index in [0.29, 0.717) is 10.8 Å². The molecule has 0 N–H and O–H groups in total. The van der Waals surface area contributed by atoms with Crippen LogP contribution in [0.5, 0.6) is 5.75 Å². The van der Waals surface area contributed by atoms with Gasteiger partial charge in [-0.3, -0.25) is 0 Å². The van der Waals surface area contributed by atoms with Crippen molar-refractivity contribution in [3.8, 4) is 11.8 Å². The summed E-state index contributed by atoms with van der Waals surface area (Å²) in [6.07, 6.45) is 0. The topological polar surface area (TPSA) is 51.5 Å². The molecule has 0 spiro atoms. The highest BCUT2D eigenvalue weighted by molar-refractivity contribution is 6.63. The van der Waals surface area contributed by atoms with Crippen molar-refractivity contribution in [3.63, 3.8) is 0 Å². The van der Waals surface area contributed by atoms with Gasteiger partial charge in [0.25, 0.3) is 0 Å². The largest absolute Gasteiger partial charge is 0.498 e. The third-order valence-electron chi connectivity index (χ3n) is 3.78. The maximum absolute atomic E-state index is 8.65. The average Bonchev–Trinajstić information content (AvgIpc) is 2.55. The van der Waals surface area contributed by atoms with Crippen molar-refractivity contribution in [3.05, 3.63) is 23.2 Å². The van der Waals surface area contributed by atoms with Gasteiger partial charge in [-0.25, -0.2) is 0 Å². The molecule has 0 saturated carbocycles. The first-order chi connectivity index (χ1) is 9.27. The summed E-state index contributed by atoms with van der Waals surface area (Å²) in [5.41, 5.74) is -0.114. The van der Waals surface area contributed by atoms with Crippen molar-refractivity contribution in [1.29, 1.82) is 5.26 Å². The Balaban J connectivity index is 2.32. The van der Waals surface area contributed by atoms with Crippen LogP contribution in [0.3, 0.4) is 0 Å². The van der Waals surface area contributed by atoms with E-state index in [0.717, 1.165) is 5.46 Å². The van der Waals surface area contributed by atoms with Crippen LogP contribution in [0.2, 0.25) is 5.02 Å². The Morgan fingerprint density at radius 2 is 1.85 bits per heavy atom. The molecule has 0 radical (unpaired) electrons. The lowest BCUT2D eigenvalue weighted by Crippen LogP contribution is -2.41. The molecule has 1 aliphatic heterocycles. The van der Waals surface area contributed by atoms with Gasteiger partial charge in [-0.2, -0.15) is 5.26 Å². The molecule has 1 aromatic carbocycles. The lowest BCUT2D eigenvalue weighted by atomic mass is 9.78. The third kappa shape index (κ3) is 2.78. The SMILES string of the molecule is CC1(C)OB(c2ccc(Cl)cc2OCC#N)OC1(C)C. The molecule has 1 heterocycles. The lowest BCUT2D eigenvalue weighted by molar-refractivity contribution is 0.00578. The molecule has 20 heavy (non-hydrogen) atoms. The van der Waals surface area contributed by atoms with Crippen molar-refractivity contribution in [2.45, 2.75) is 38.9 Å². The van der Waals surface area contributed by atoms with Gasteiger partial charge >= 0.3 is 7.12 Å². The van der Waals surface area contributed by atoms with Crippen LogP contribution in [0.25, 0.3) is 0 Å². The average molecular weight is 294 g/mol. The molecule has 1 aliphatic rings. The fraction of sp³-hybridized carbons (Fsp3) is 0.500. The summed E-state index contributed by atoms with van der Waals surface area (Å²) >= 11 is 5.97. The molecule has 1 fully saturated rings. The zero-order valence-corrected chi connectivity index (χ0v) is 12.8. The van der Waals surface area contributed by atoms with Gasteiger partial charge in [-0.05, 0) is 39.8 Å². The Morgan fingerprint density at radius 3 is 2.40 bits per heavy atom. The van der Waals surface area contributed by atoms with E-state index in [2.05, 4.69) is 0 Å². The van der Waals surface area contributed by atoms with Gasteiger partial charge in [0.2, 0.25) is 0 Å². The zero-order chi connectivity index (χ0) is 15.0. The number of hydrogen-bond donors (Lipinski definition) is 0. The van der Waals surface area contributed by atoms with E-state index in [9.17, 15) is 0 Å². The first-order valence-electron chi connectivity index (χ1n) is 6.42. The number of halogens is 1. The molecular formula is C14H17BClNO3. The van der Waals surface area contributed by atoms with Gasteiger partial charge in [0, 0.05) is 10.5 Å². The summed E-state index contributed by atoms with van der Waals surface area (Å²) in [5.74, 6) is 0.512. The Kier molecular flexibility index (Phi) is 4.01. The predicted molar refractivity (Wildman–Crippen MR) is 78.3 cm³/mol. The molecular weight excluding hydrogens is 276 g/mol. The Hall–Kier alpha value is -1.22. The van der Waals surface area contributed by atoms with Gasteiger partial charge in [0.15, 0.2) is 6.61 Å². The van der Waals surface area contributed by atoms with Crippen LogP contribution in [0.4, 0.5) is 0 Å². The highest BCUT2D eigenvalue weighted by Gasteiger charge is 2.52. The Labute approximate surface area is 124 Å². The van der Waals surface area contributed by atoms with E-state index in [1.54, 1.807) is 18.2 Å². The molecule has 4 nitrogen and oxygen atoms in total. The summed E-state index contributed by atoms with van der Waals surface area (Å²) in [5, 5.41) is 9.19. The molecule has 1 aromatic rings. The number of nitrogens with zero attached hydrogens (tertiary/aromatic N) is 1. The van der Waals surface area contributed by atoms with Crippen molar-refractivity contribution >= 4 is 24.2 Å². The van der Waals surface area contributed by atoms with Crippen LogP contribution in [-0.2, 0) is 9.31 Å². The standard InChI is InChI=1S/C14H17BClNO3/c1-13(2)14(3,4)20-15(19-13)11-6-5-10(16)9-12(11)18-8-7-17/h5-6,9H,8H2,1-4H3. The van der Waals surface area contributed by atoms with Crippen LogP contribution in [0, 0.1) is 11.3 Å². The lowest BCUT2D eigenvalue weighted by Gasteiger charge is -2.32. The van der Waals surface area contributed by atoms with Gasteiger partial charge in [-0.1, -0.05) is 17.7 Å². The van der Waals surface area contributed by atoms with Crippen LogP contribution < -0.4 is 10.2 Å². The summed E-state index contributed by atoms with van der Waals surface area (Å²) in [6, 6.07) is 7.16. The highest BCUT2D eigenvalue weighted by atomic mass is 35.5. The Morgan fingerprint density at radius 1 is 1.25 bits per heavy atom. The van der Waals surface area contributed by atoms with E-state index in [1.807, 2.05) is 33.8 Å². The second-order valence-electron chi connectivity index (χ2n) is 5.72. The molecule has 0 aliphatic carbocycles. The third-order valence-corrected chi connectivity index (χ3v) is 4.01. The van der Waals surface area contributed by atoms with Crippen molar-refractivity contribution < 1.29 is 14.0 Å². The van der Waals surface area contributed by atoms with Gasteiger partial charge in [0.1, 0.15) is 11.8 Å². The smallest absolute Gasteiger partial charge is 0.479 e. The van der Waals surface area contributed by atoms with Crippen LogP contribution >= 0.6 is 11.6 Å². The highest BCUT2D eigenvalue weighted by Crippen LogP contribution is 2.37. The van der Waals surface area contributed by atoms with Crippen LogP contribution in [0.1, 0.15) is 27.7 Å². The molecule has 1 saturated heterocycles. The number of ether oxygens (including phenoxy) is 1. The molecule has 0 atom stereocenters.